The van der Waals surface area contributed by atoms with Crippen LogP contribution in [-0.4, -0.2) is 44.4 Å². The lowest BCUT2D eigenvalue weighted by Gasteiger charge is -2.26. The van der Waals surface area contributed by atoms with Crippen molar-refractivity contribution < 1.29 is 17.9 Å². The highest BCUT2D eigenvalue weighted by atomic mass is 79.9. The fraction of sp³-hybridized carbons (Fsp3) is 0.409. The molecule has 1 amide bonds. The number of fused-ring (bicyclic) bond motifs is 1. The van der Waals surface area contributed by atoms with E-state index in [-0.39, 0.29) is 34.2 Å². The van der Waals surface area contributed by atoms with Crippen molar-refractivity contribution in [2.75, 3.05) is 24.6 Å². The monoisotopic (exact) mass is 526 g/mol. The number of piperidine rings is 1. The zero-order valence-electron chi connectivity index (χ0n) is 17.2. The molecule has 0 unspecified atom stereocenters. The Labute approximate surface area is 196 Å². The predicted molar refractivity (Wildman–Crippen MR) is 124 cm³/mol. The Morgan fingerprint density at radius 2 is 1.90 bits per heavy atom. The molecule has 2 aliphatic rings. The Balaban J connectivity index is 1.45. The number of rotatable bonds is 5. The molecule has 0 aliphatic carbocycles. The minimum Gasteiger partial charge on any atom is -0.482 e. The lowest BCUT2D eigenvalue weighted by atomic mass is 10.1. The highest BCUT2D eigenvalue weighted by Crippen LogP contribution is 2.35. The lowest BCUT2D eigenvalue weighted by molar-refractivity contribution is -0.120. The maximum absolute atomic E-state index is 12.9. The van der Waals surface area contributed by atoms with Crippen LogP contribution in [0.25, 0.3) is 0 Å². The largest absolute Gasteiger partial charge is 0.482 e. The number of benzene rings is 2. The van der Waals surface area contributed by atoms with Gasteiger partial charge in [0.2, 0.25) is 10.0 Å². The van der Waals surface area contributed by atoms with E-state index in [4.69, 9.17) is 16.3 Å². The first-order valence-corrected chi connectivity index (χ1v) is 12.9. The van der Waals surface area contributed by atoms with Crippen molar-refractivity contribution in [3.8, 4) is 5.75 Å². The Morgan fingerprint density at radius 3 is 2.61 bits per heavy atom. The number of ether oxygens (including phenoxy) is 1. The molecule has 0 bridgehead atoms. The number of sulfonamides is 1. The number of nitrogens with zero attached hydrogens (tertiary/aromatic N) is 2. The highest BCUT2D eigenvalue weighted by Gasteiger charge is 2.31. The van der Waals surface area contributed by atoms with Gasteiger partial charge in [0.25, 0.3) is 5.91 Å². The van der Waals surface area contributed by atoms with Crippen molar-refractivity contribution >= 4 is 49.1 Å². The van der Waals surface area contributed by atoms with Crippen molar-refractivity contribution in [2.45, 2.75) is 43.5 Å². The van der Waals surface area contributed by atoms with E-state index in [1.165, 1.54) is 22.5 Å². The molecule has 166 valence electrons. The average Bonchev–Trinajstić information content (AvgIpc) is 3.08. The van der Waals surface area contributed by atoms with E-state index in [0.717, 1.165) is 41.4 Å². The standard InChI is InChI=1S/C22H24BrClN2O4S/c1-15-11-16-12-17(23)5-7-20(16)26(15)22(27)14-30-21-8-6-18(13-19(21)24)31(28,29)25-9-3-2-4-10-25/h5-8,12-13,15H,2-4,9-11,14H2,1H3/t15-/m0/s1. The summed E-state index contributed by atoms with van der Waals surface area (Å²) in [6.45, 7) is 2.87. The Hall–Kier alpha value is -1.61. The van der Waals surface area contributed by atoms with Crippen LogP contribution >= 0.6 is 27.5 Å². The lowest BCUT2D eigenvalue weighted by Crippen LogP contribution is -2.39. The number of amides is 1. The summed E-state index contributed by atoms with van der Waals surface area (Å²) in [6.07, 6.45) is 3.56. The van der Waals surface area contributed by atoms with E-state index in [2.05, 4.69) is 15.9 Å². The second kappa shape index (κ2) is 9.10. The van der Waals surface area contributed by atoms with E-state index in [1.807, 2.05) is 25.1 Å². The minimum absolute atomic E-state index is 0.0351. The Morgan fingerprint density at radius 1 is 1.16 bits per heavy atom. The topological polar surface area (TPSA) is 66.9 Å². The molecule has 4 rings (SSSR count). The molecule has 1 fully saturated rings. The molecule has 2 aromatic carbocycles. The summed E-state index contributed by atoms with van der Waals surface area (Å²) in [5, 5.41) is 0.171. The van der Waals surface area contributed by atoms with Gasteiger partial charge >= 0.3 is 0 Å². The molecule has 1 atom stereocenters. The zero-order valence-corrected chi connectivity index (χ0v) is 20.3. The number of hydrogen-bond acceptors (Lipinski definition) is 4. The molecule has 31 heavy (non-hydrogen) atoms. The summed E-state index contributed by atoms with van der Waals surface area (Å²) in [7, 11) is -3.58. The molecule has 0 saturated carbocycles. The van der Waals surface area contributed by atoms with Crippen LogP contribution in [0.1, 0.15) is 31.7 Å². The molecule has 1 saturated heterocycles. The Kier molecular flexibility index (Phi) is 6.62. The van der Waals surface area contributed by atoms with E-state index in [0.29, 0.717) is 13.1 Å². The van der Waals surface area contributed by atoms with Crippen molar-refractivity contribution in [1.29, 1.82) is 0 Å². The van der Waals surface area contributed by atoms with Gasteiger partial charge in [0.05, 0.1) is 9.92 Å². The third-order valence-corrected chi connectivity index (χ3v) is 8.42. The maximum Gasteiger partial charge on any atom is 0.265 e. The number of carbonyl (C=O) groups is 1. The van der Waals surface area contributed by atoms with Gasteiger partial charge in [-0.1, -0.05) is 34.0 Å². The maximum atomic E-state index is 12.9. The molecule has 2 aliphatic heterocycles. The molecular weight excluding hydrogens is 504 g/mol. The first-order chi connectivity index (χ1) is 14.8. The number of hydrogen-bond donors (Lipinski definition) is 0. The van der Waals surface area contributed by atoms with Crippen LogP contribution < -0.4 is 9.64 Å². The minimum atomic E-state index is -3.58. The molecule has 9 heteroatoms. The van der Waals surface area contributed by atoms with Gasteiger partial charge < -0.3 is 9.64 Å². The van der Waals surface area contributed by atoms with Gasteiger partial charge in [-0.2, -0.15) is 4.31 Å². The summed E-state index contributed by atoms with van der Waals surface area (Å²) in [4.78, 5) is 14.7. The Bertz CT molecular complexity index is 1100. The molecular formula is C22H24BrClN2O4S. The molecule has 6 nitrogen and oxygen atoms in total. The van der Waals surface area contributed by atoms with Crippen LogP contribution in [0.4, 0.5) is 5.69 Å². The zero-order chi connectivity index (χ0) is 22.2. The molecule has 2 heterocycles. The van der Waals surface area contributed by atoms with Crippen molar-refractivity contribution in [1.82, 2.24) is 4.31 Å². The average molecular weight is 528 g/mol. The second-order valence-electron chi connectivity index (χ2n) is 7.94. The van der Waals surface area contributed by atoms with Gasteiger partial charge in [-0.15, -0.1) is 0 Å². The van der Waals surface area contributed by atoms with Crippen LogP contribution in [-0.2, 0) is 21.2 Å². The van der Waals surface area contributed by atoms with E-state index in [9.17, 15) is 13.2 Å². The van der Waals surface area contributed by atoms with Crippen molar-refractivity contribution in [3.63, 3.8) is 0 Å². The summed E-state index contributed by atoms with van der Waals surface area (Å²) in [5.41, 5.74) is 2.00. The van der Waals surface area contributed by atoms with Crippen LogP contribution in [0, 0.1) is 0 Å². The van der Waals surface area contributed by atoms with Crippen molar-refractivity contribution in [3.05, 3.63) is 51.5 Å². The summed E-state index contributed by atoms with van der Waals surface area (Å²) >= 11 is 9.77. The quantitative estimate of drug-likeness (QED) is 0.568. The molecule has 0 aromatic heterocycles. The first-order valence-electron chi connectivity index (χ1n) is 10.3. The van der Waals surface area contributed by atoms with Gasteiger partial charge in [0.15, 0.2) is 6.61 Å². The van der Waals surface area contributed by atoms with Gasteiger partial charge in [0, 0.05) is 29.3 Å². The SMILES string of the molecule is C[C@H]1Cc2cc(Br)ccc2N1C(=O)COc1ccc(S(=O)(=O)N2CCCCC2)cc1Cl. The second-order valence-corrected chi connectivity index (χ2v) is 11.2. The highest BCUT2D eigenvalue weighted by molar-refractivity contribution is 9.10. The summed E-state index contributed by atoms with van der Waals surface area (Å²) in [5.74, 6) is 0.116. The molecule has 0 N–H and O–H groups in total. The molecule has 0 radical (unpaired) electrons. The first kappa shape index (κ1) is 22.6. The normalized spacial score (nSPS) is 19.3. The van der Waals surface area contributed by atoms with E-state index in [1.54, 1.807) is 4.90 Å². The van der Waals surface area contributed by atoms with Gasteiger partial charge in [-0.05, 0) is 68.1 Å². The predicted octanol–water partition coefficient (Wildman–Crippen LogP) is 4.63. The van der Waals surface area contributed by atoms with Crippen LogP contribution in [0.3, 0.4) is 0 Å². The van der Waals surface area contributed by atoms with Gasteiger partial charge in [0.1, 0.15) is 5.75 Å². The fourth-order valence-corrected chi connectivity index (χ4v) is 6.45. The third-order valence-electron chi connectivity index (χ3n) is 5.73. The summed E-state index contributed by atoms with van der Waals surface area (Å²) < 4.78 is 33.8. The molecule has 2 aromatic rings. The number of halogens is 2. The molecule has 0 spiro atoms. The number of carbonyl (C=O) groups excluding carboxylic acids is 1. The smallest absolute Gasteiger partial charge is 0.265 e. The van der Waals surface area contributed by atoms with Gasteiger partial charge in [-0.25, -0.2) is 8.42 Å². The van der Waals surface area contributed by atoms with E-state index < -0.39 is 10.0 Å². The number of anilines is 1. The van der Waals surface area contributed by atoms with E-state index >= 15 is 0 Å². The van der Waals surface area contributed by atoms with Crippen LogP contribution in [0.2, 0.25) is 5.02 Å². The van der Waals surface area contributed by atoms with Crippen LogP contribution in [0.5, 0.6) is 5.75 Å². The third kappa shape index (κ3) is 4.62. The summed E-state index contributed by atoms with van der Waals surface area (Å²) in [6, 6.07) is 10.3. The van der Waals surface area contributed by atoms with Gasteiger partial charge in [-0.3, -0.25) is 4.79 Å². The van der Waals surface area contributed by atoms with Crippen LogP contribution in [0.15, 0.2) is 45.8 Å². The van der Waals surface area contributed by atoms with Crippen molar-refractivity contribution in [2.24, 2.45) is 0 Å². The fourth-order valence-electron chi connectivity index (χ4n) is 4.20.